The van der Waals surface area contributed by atoms with Crippen LogP contribution in [0.5, 0.6) is 11.5 Å². The molecule has 2 aliphatic rings. The first-order valence-corrected chi connectivity index (χ1v) is 6.41. The summed E-state index contributed by atoms with van der Waals surface area (Å²) >= 11 is 0. The molecule has 0 amide bonds. The quantitative estimate of drug-likeness (QED) is 0.826. The van der Waals surface area contributed by atoms with E-state index in [2.05, 4.69) is 0 Å². The third-order valence-corrected chi connectivity index (χ3v) is 3.62. The molecule has 1 aromatic carbocycles. The molecule has 0 spiro atoms. The van der Waals surface area contributed by atoms with Gasteiger partial charge in [0.15, 0.2) is 11.5 Å². The minimum absolute atomic E-state index is 0.0805. The highest BCUT2D eigenvalue weighted by Gasteiger charge is 2.35. The van der Waals surface area contributed by atoms with Crippen LogP contribution in [0.25, 0.3) is 0 Å². The van der Waals surface area contributed by atoms with Crippen molar-refractivity contribution < 1.29 is 19.3 Å². The number of benzene rings is 1. The van der Waals surface area contributed by atoms with Gasteiger partial charge in [0.25, 0.3) is 0 Å². The van der Waals surface area contributed by atoms with E-state index in [0.717, 1.165) is 17.1 Å². The van der Waals surface area contributed by atoms with Crippen molar-refractivity contribution in [3.05, 3.63) is 23.8 Å². The second kappa shape index (κ2) is 4.44. The van der Waals surface area contributed by atoms with Crippen LogP contribution in [0.2, 0.25) is 0 Å². The maximum absolute atomic E-state index is 10.7. The first-order chi connectivity index (χ1) is 8.67. The van der Waals surface area contributed by atoms with Crippen LogP contribution < -0.4 is 9.47 Å². The molecule has 2 aliphatic heterocycles. The minimum atomic E-state index is -0.812. The van der Waals surface area contributed by atoms with Crippen molar-refractivity contribution in [1.82, 2.24) is 0 Å². The lowest BCUT2D eigenvalue weighted by Crippen LogP contribution is -2.37. The van der Waals surface area contributed by atoms with Gasteiger partial charge < -0.3 is 19.3 Å². The molecule has 1 N–H and O–H groups in total. The number of aliphatic hydroxyl groups is 1. The Morgan fingerprint density at radius 2 is 1.94 bits per heavy atom. The predicted octanol–water partition coefficient (Wildman–Crippen LogP) is 1.84. The zero-order valence-corrected chi connectivity index (χ0v) is 10.5. The van der Waals surface area contributed by atoms with Crippen LogP contribution in [0.1, 0.15) is 25.3 Å². The summed E-state index contributed by atoms with van der Waals surface area (Å²) in [6, 6.07) is 5.69. The van der Waals surface area contributed by atoms with Crippen molar-refractivity contribution in [1.29, 1.82) is 0 Å². The fraction of sp³-hybridized carbons (Fsp3) is 0.571. The number of hydrogen-bond acceptors (Lipinski definition) is 4. The zero-order chi connectivity index (χ0) is 12.6. The highest BCUT2D eigenvalue weighted by Crippen LogP contribution is 2.39. The summed E-state index contributed by atoms with van der Waals surface area (Å²) in [5.41, 5.74) is 0.0786. The van der Waals surface area contributed by atoms with Crippen molar-refractivity contribution in [3.8, 4) is 11.5 Å². The lowest BCUT2D eigenvalue weighted by atomic mass is 9.84. The van der Waals surface area contributed by atoms with Crippen LogP contribution in [0.15, 0.2) is 18.2 Å². The maximum Gasteiger partial charge on any atom is 0.161 e. The standard InChI is InChI=1S/C14H18O4/c1-10-9-14(15,4-5-16-10)11-2-3-12-13(8-11)18-7-6-17-12/h2-3,8,10,15H,4-7,9H2,1H3. The van der Waals surface area contributed by atoms with Gasteiger partial charge >= 0.3 is 0 Å². The molecule has 0 aromatic heterocycles. The largest absolute Gasteiger partial charge is 0.486 e. The summed E-state index contributed by atoms with van der Waals surface area (Å²) < 4.78 is 16.5. The van der Waals surface area contributed by atoms with E-state index in [1.807, 2.05) is 25.1 Å². The second-order valence-corrected chi connectivity index (χ2v) is 5.03. The van der Waals surface area contributed by atoms with E-state index >= 15 is 0 Å². The molecule has 1 fully saturated rings. The Balaban J connectivity index is 1.91. The summed E-state index contributed by atoms with van der Waals surface area (Å²) in [6.45, 7) is 3.73. The first kappa shape index (κ1) is 11.8. The third-order valence-electron chi connectivity index (χ3n) is 3.62. The van der Waals surface area contributed by atoms with Crippen molar-refractivity contribution in [2.75, 3.05) is 19.8 Å². The third kappa shape index (κ3) is 2.06. The predicted molar refractivity (Wildman–Crippen MR) is 66.0 cm³/mol. The molecule has 1 aromatic rings. The summed E-state index contributed by atoms with van der Waals surface area (Å²) in [7, 11) is 0. The first-order valence-electron chi connectivity index (χ1n) is 6.41. The molecule has 0 saturated carbocycles. The van der Waals surface area contributed by atoms with Gasteiger partial charge in [0, 0.05) is 12.8 Å². The lowest BCUT2D eigenvalue weighted by molar-refractivity contribution is -0.101. The normalized spacial score (nSPS) is 31.1. The Morgan fingerprint density at radius 3 is 2.72 bits per heavy atom. The van der Waals surface area contributed by atoms with Crippen molar-refractivity contribution >= 4 is 0 Å². The Hall–Kier alpha value is -1.26. The Morgan fingerprint density at radius 1 is 1.17 bits per heavy atom. The monoisotopic (exact) mass is 250 g/mol. The van der Waals surface area contributed by atoms with Crippen LogP contribution in [0.4, 0.5) is 0 Å². The van der Waals surface area contributed by atoms with Gasteiger partial charge in [-0.05, 0) is 24.6 Å². The minimum Gasteiger partial charge on any atom is -0.486 e. The topological polar surface area (TPSA) is 47.9 Å². The van der Waals surface area contributed by atoms with Crippen molar-refractivity contribution in [3.63, 3.8) is 0 Å². The molecule has 4 nitrogen and oxygen atoms in total. The van der Waals surface area contributed by atoms with Gasteiger partial charge in [0.05, 0.1) is 18.3 Å². The molecular formula is C14H18O4. The fourth-order valence-corrected chi connectivity index (χ4v) is 2.66. The van der Waals surface area contributed by atoms with E-state index in [4.69, 9.17) is 14.2 Å². The molecule has 1 saturated heterocycles. The Labute approximate surface area is 106 Å². The van der Waals surface area contributed by atoms with Gasteiger partial charge in [0.2, 0.25) is 0 Å². The zero-order valence-electron chi connectivity index (χ0n) is 10.5. The summed E-state index contributed by atoms with van der Waals surface area (Å²) in [5, 5.41) is 10.7. The maximum atomic E-state index is 10.7. The van der Waals surface area contributed by atoms with Crippen LogP contribution in [0.3, 0.4) is 0 Å². The number of fused-ring (bicyclic) bond motifs is 1. The van der Waals surface area contributed by atoms with Crippen molar-refractivity contribution in [2.45, 2.75) is 31.5 Å². The molecule has 2 atom stereocenters. The summed E-state index contributed by atoms with van der Waals surface area (Å²) in [5.74, 6) is 1.49. The molecule has 2 heterocycles. The molecule has 2 unspecified atom stereocenters. The summed E-state index contributed by atoms with van der Waals surface area (Å²) in [6.07, 6.45) is 1.32. The smallest absolute Gasteiger partial charge is 0.161 e. The molecule has 0 radical (unpaired) electrons. The van der Waals surface area contributed by atoms with E-state index < -0.39 is 5.60 Å². The number of rotatable bonds is 1. The van der Waals surface area contributed by atoms with Crippen LogP contribution in [0, 0.1) is 0 Å². The molecule has 0 aliphatic carbocycles. The van der Waals surface area contributed by atoms with Gasteiger partial charge in [0.1, 0.15) is 13.2 Å². The SMILES string of the molecule is CC1CC(O)(c2ccc3c(c2)OCCO3)CCO1. The average molecular weight is 250 g/mol. The molecule has 0 bridgehead atoms. The van der Waals surface area contributed by atoms with Crippen LogP contribution in [-0.4, -0.2) is 31.0 Å². The van der Waals surface area contributed by atoms with Gasteiger partial charge in [-0.25, -0.2) is 0 Å². The highest BCUT2D eigenvalue weighted by atomic mass is 16.6. The van der Waals surface area contributed by atoms with Gasteiger partial charge in [-0.3, -0.25) is 0 Å². The number of hydrogen-bond donors (Lipinski definition) is 1. The summed E-state index contributed by atoms with van der Waals surface area (Å²) in [4.78, 5) is 0. The molecular weight excluding hydrogens is 232 g/mol. The Bertz CT molecular complexity index is 445. The fourth-order valence-electron chi connectivity index (χ4n) is 2.66. The van der Waals surface area contributed by atoms with Crippen LogP contribution in [-0.2, 0) is 10.3 Å². The van der Waals surface area contributed by atoms with E-state index in [9.17, 15) is 5.11 Å². The van der Waals surface area contributed by atoms with Crippen LogP contribution >= 0.6 is 0 Å². The van der Waals surface area contributed by atoms with Gasteiger partial charge in [-0.15, -0.1) is 0 Å². The Kier molecular flexibility index (Phi) is 2.92. The van der Waals surface area contributed by atoms with E-state index in [0.29, 0.717) is 32.7 Å². The molecule has 98 valence electrons. The van der Waals surface area contributed by atoms with Crippen molar-refractivity contribution in [2.24, 2.45) is 0 Å². The van der Waals surface area contributed by atoms with E-state index in [-0.39, 0.29) is 6.10 Å². The van der Waals surface area contributed by atoms with E-state index in [1.54, 1.807) is 0 Å². The average Bonchev–Trinajstić information content (AvgIpc) is 2.38. The number of ether oxygens (including phenoxy) is 3. The van der Waals surface area contributed by atoms with E-state index in [1.165, 1.54) is 0 Å². The van der Waals surface area contributed by atoms with Gasteiger partial charge in [-0.2, -0.15) is 0 Å². The molecule has 4 heteroatoms. The second-order valence-electron chi connectivity index (χ2n) is 5.03. The molecule has 3 rings (SSSR count). The lowest BCUT2D eigenvalue weighted by Gasteiger charge is -2.36. The molecule has 18 heavy (non-hydrogen) atoms. The highest BCUT2D eigenvalue weighted by molar-refractivity contribution is 5.45. The van der Waals surface area contributed by atoms with Gasteiger partial charge in [-0.1, -0.05) is 6.07 Å².